The first-order valence-corrected chi connectivity index (χ1v) is 10.6. The number of ether oxygens (including phenoxy) is 1. The third-order valence-electron chi connectivity index (χ3n) is 4.59. The van der Waals surface area contributed by atoms with Crippen molar-refractivity contribution in [3.63, 3.8) is 0 Å². The first kappa shape index (κ1) is 20.0. The van der Waals surface area contributed by atoms with Gasteiger partial charge in [-0.15, -0.1) is 10.2 Å². The van der Waals surface area contributed by atoms with Crippen molar-refractivity contribution in [3.8, 4) is 5.75 Å². The summed E-state index contributed by atoms with van der Waals surface area (Å²) in [4.78, 5) is 11.2. The molecule has 0 aliphatic carbocycles. The number of primary amides is 1. The van der Waals surface area contributed by atoms with Crippen LogP contribution >= 0.6 is 11.8 Å². The van der Waals surface area contributed by atoms with Crippen LogP contribution in [0.25, 0.3) is 10.8 Å². The molecule has 2 N–H and O–H groups in total. The molecule has 7 nitrogen and oxygen atoms in total. The molecule has 4 aromatic rings. The fourth-order valence-electron chi connectivity index (χ4n) is 3.11. The Balaban J connectivity index is 1.38. The summed E-state index contributed by atoms with van der Waals surface area (Å²) in [6.07, 6.45) is 2.30. The third-order valence-corrected chi connectivity index (χ3v) is 5.52. The van der Waals surface area contributed by atoms with E-state index in [0.717, 1.165) is 22.1 Å². The zero-order valence-corrected chi connectivity index (χ0v) is 17.2. The van der Waals surface area contributed by atoms with Gasteiger partial charge in [-0.1, -0.05) is 42.1 Å². The fourth-order valence-corrected chi connectivity index (χ4v) is 3.89. The number of aryl methyl sites for hydroxylation is 1. The van der Waals surface area contributed by atoms with Gasteiger partial charge < -0.3 is 14.9 Å². The number of carbonyl (C=O) groups is 1. The monoisotopic (exact) mass is 422 g/mol. The highest BCUT2D eigenvalue weighted by molar-refractivity contribution is 7.99. The maximum atomic E-state index is 11.2. The predicted octanol–water partition coefficient (Wildman–Crippen LogP) is 3.66. The lowest BCUT2D eigenvalue weighted by Gasteiger charge is -2.09. The Morgan fingerprint density at radius 2 is 1.97 bits per heavy atom. The number of benzene rings is 2. The molecular weight excluding hydrogens is 400 g/mol. The van der Waals surface area contributed by atoms with Crippen LogP contribution in [-0.2, 0) is 17.8 Å². The van der Waals surface area contributed by atoms with Gasteiger partial charge in [-0.3, -0.25) is 9.36 Å². The molecular formula is C22H22N4O3S. The molecule has 0 aliphatic rings. The van der Waals surface area contributed by atoms with Crippen molar-refractivity contribution in [1.29, 1.82) is 0 Å². The number of carbonyl (C=O) groups excluding carboxylic acids is 1. The molecule has 1 amide bonds. The average molecular weight is 423 g/mol. The van der Waals surface area contributed by atoms with Crippen LogP contribution in [0.4, 0.5) is 0 Å². The Hall–Kier alpha value is -3.26. The summed E-state index contributed by atoms with van der Waals surface area (Å²) in [5, 5.41) is 11.6. The Morgan fingerprint density at radius 3 is 2.77 bits per heavy atom. The van der Waals surface area contributed by atoms with Gasteiger partial charge in [-0.05, 0) is 35.0 Å². The van der Waals surface area contributed by atoms with Crippen LogP contribution in [0.1, 0.15) is 18.0 Å². The number of hydrogen-bond donors (Lipinski definition) is 1. The zero-order chi connectivity index (χ0) is 20.8. The quantitative estimate of drug-likeness (QED) is 0.309. The van der Waals surface area contributed by atoms with Crippen molar-refractivity contribution in [3.05, 3.63) is 72.4 Å². The molecule has 154 valence electrons. The van der Waals surface area contributed by atoms with E-state index in [0.29, 0.717) is 31.1 Å². The standard InChI is InChI=1S/C22H22N4O3S/c23-20(27)9-10-21-24-25-22(26(21)15-19-6-3-11-28-19)30-13-12-29-18-8-7-16-4-1-2-5-17(16)14-18/h1-8,11,14H,9-10,12-13,15H2,(H2,23,27). The molecule has 30 heavy (non-hydrogen) atoms. The minimum Gasteiger partial charge on any atom is -0.493 e. The van der Waals surface area contributed by atoms with E-state index in [2.05, 4.69) is 28.4 Å². The van der Waals surface area contributed by atoms with E-state index in [-0.39, 0.29) is 12.3 Å². The van der Waals surface area contributed by atoms with Crippen LogP contribution in [0.5, 0.6) is 5.75 Å². The number of fused-ring (bicyclic) bond motifs is 1. The SMILES string of the molecule is NC(=O)CCc1nnc(SCCOc2ccc3ccccc3c2)n1Cc1ccco1. The van der Waals surface area contributed by atoms with E-state index < -0.39 is 0 Å². The Labute approximate surface area is 178 Å². The van der Waals surface area contributed by atoms with E-state index >= 15 is 0 Å². The summed E-state index contributed by atoms with van der Waals surface area (Å²) in [6, 6.07) is 18.0. The van der Waals surface area contributed by atoms with Crippen LogP contribution in [0.15, 0.2) is 70.4 Å². The van der Waals surface area contributed by atoms with Crippen molar-refractivity contribution in [2.45, 2.75) is 24.5 Å². The smallest absolute Gasteiger partial charge is 0.217 e. The number of amides is 1. The molecule has 2 aromatic heterocycles. The summed E-state index contributed by atoms with van der Waals surface area (Å²) in [5.41, 5.74) is 5.28. The van der Waals surface area contributed by atoms with Crippen molar-refractivity contribution in [2.24, 2.45) is 5.73 Å². The van der Waals surface area contributed by atoms with Crippen LogP contribution in [0, 0.1) is 0 Å². The minimum absolute atomic E-state index is 0.228. The second kappa shape index (κ2) is 9.49. The molecule has 4 rings (SSSR count). The number of rotatable bonds is 10. The molecule has 8 heteroatoms. The predicted molar refractivity (Wildman–Crippen MR) is 116 cm³/mol. The summed E-state index contributed by atoms with van der Waals surface area (Å²) in [5.74, 6) is 2.69. The highest BCUT2D eigenvalue weighted by Crippen LogP contribution is 2.22. The fraction of sp³-hybridized carbons (Fsp3) is 0.227. The number of thioether (sulfide) groups is 1. The molecule has 0 unspecified atom stereocenters. The second-order valence-electron chi connectivity index (χ2n) is 6.74. The number of nitrogens with two attached hydrogens (primary N) is 1. The van der Waals surface area contributed by atoms with Crippen LogP contribution < -0.4 is 10.5 Å². The maximum Gasteiger partial charge on any atom is 0.217 e. The van der Waals surface area contributed by atoms with Crippen molar-refractivity contribution in [2.75, 3.05) is 12.4 Å². The van der Waals surface area contributed by atoms with Gasteiger partial charge in [0.1, 0.15) is 17.3 Å². The largest absolute Gasteiger partial charge is 0.493 e. The van der Waals surface area contributed by atoms with Gasteiger partial charge in [0.2, 0.25) is 5.91 Å². The lowest BCUT2D eigenvalue weighted by atomic mass is 10.1. The summed E-state index contributed by atoms with van der Waals surface area (Å²) >= 11 is 1.55. The molecule has 0 atom stereocenters. The van der Waals surface area contributed by atoms with Gasteiger partial charge in [0.15, 0.2) is 5.16 Å². The van der Waals surface area contributed by atoms with E-state index in [1.165, 1.54) is 5.39 Å². The van der Waals surface area contributed by atoms with Crippen molar-refractivity contribution < 1.29 is 13.9 Å². The summed E-state index contributed by atoms with van der Waals surface area (Å²) < 4.78 is 13.3. The Bertz CT molecular complexity index is 1120. The van der Waals surface area contributed by atoms with Gasteiger partial charge in [0.25, 0.3) is 0 Å². The lowest BCUT2D eigenvalue weighted by molar-refractivity contribution is -0.118. The average Bonchev–Trinajstić information content (AvgIpc) is 3.40. The van der Waals surface area contributed by atoms with E-state index in [1.54, 1.807) is 18.0 Å². The van der Waals surface area contributed by atoms with Gasteiger partial charge in [0.05, 0.1) is 19.4 Å². The molecule has 2 aromatic carbocycles. The Morgan fingerprint density at radius 1 is 1.10 bits per heavy atom. The lowest BCUT2D eigenvalue weighted by Crippen LogP contribution is -2.14. The highest BCUT2D eigenvalue weighted by Gasteiger charge is 2.15. The normalized spacial score (nSPS) is 11.1. The van der Waals surface area contributed by atoms with Gasteiger partial charge in [-0.2, -0.15) is 0 Å². The van der Waals surface area contributed by atoms with E-state index in [9.17, 15) is 4.79 Å². The number of furan rings is 1. The number of nitrogens with zero attached hydrogens (tertiary/aromatic N) is 3. The first-order valence-electron chi connectivity index (χ1n) is 9.66. The van der Waals surface area contributed by atoms with E-state index in [4.69, 9.17) is 14.9 Å². The zero-order valence-electron chi connectivity index (χ0n) is 16.4. The maximum absolute atomic E-state index is 11.2. The topological polar surface area (TPSA) is 96.2 Å². The second-order valence-corrected chi connectivity index (χ2v) is 7.80. The molecule has 0 radical (unpaired) electrons. The van der Waals surface area contributed by atoms with Crippen LogP contribution in [0.2, 0.25) is 0 Å². The molecule has 0 saturated heterocycles. The molecule has 0 spiro atoms. The minimum atomic E-state index is -0.361. The molecule has 2 heterocycles. The van der Waals surface area contributed by atoms with E-state index in [1.807, 2.05) is 41.0 Å². The highest BCUT2D eigenvalue weighted by atomic mass is 32.2. The molecule has 0 aliphatic heterocycles. The van der Waals surface area contributed by atoms with Crippen LogP contribution in [0.3, 0.4) is 0 Å². The van der Waals surface area contributed by atoms with Crippen molar-refractivity contribution in [1.82, 2.24) is 14.8 Å². The van der Waals surface area contributed by atoms with Gasteiger partial charge in [-0.25, -0.2) is 0 Å². The number of hydrogen-bond acceptors (Lipinski definition) is 6. The third kappa shape index (κ3) is 5.01. The summed E-state index contributed by atoms with van der Waals surface area (Å²) in [7, 11) is 0. The summed E-state index contributed by atoms with van der Waals surface area (Å²) in [6.45, 7) is 1.04. The van der Waals surface area contributed by atoms with Gasteiger partial charge >= 0.3 is 0 Å². The van der Waals surface area contributed by atoms with Crippen molar-refractivity contribution >= 4 is 28.4 Å². The number of aromatic nitrogens is 3. The van der Waals surface area contributed by atoms with Gasteiger partial charge in [0, 0.05) is 18.6 Å². The molecule has 0 fully saturated rings. The molecule has 0 saturated carbocycles. The molecule has 0 bridgehead atoms. The first-order chi connectivity index (χ1) is 14.7. The Kier molecular flexibility index (Phi) is 6.34. The van der Waals surface area contributed by atoms with Crippen LogP contribution in [-0.4, -0.2) is 33.0 Å².